The summed E-state index contributed by atoms with van der Waals surface area (Å²) in [4.78, 5) is 155. The largest absolute Gasteiger partial charge is 0.391 e. The molecule has 4 aliphatic rings. The van der Waals surface area contributed by atoms with Crippen molar-refractivity contribution in [1.29, 1.82) is 0 Å². The summed E-state index contributed by atoms with van der Waals surface area (Å²) in [7, 11) is 0. The average molecular weight is 1440 g/mol. The molecule has 9 rings (SSSR count). The molecule has 0 spiro atoms. The van der Waals surface area contributed by atoms with Crippen LogP contribution in [-0.2, 0) is 70.5 Å². The molecule has 0 bridgehead atoms. The van der Waals surface area contributed by atoms with Crippen LogP contribution in [-0.4, -0.2) is 197 Å². The minimum atomic E-state index is -1.08. The van der Waals surface area contributed by atoms with Crippen LogP contribution in [0.1, 0.15) is 125 Å². The van der Waals surface area contributed by atoms with Gasteiger partial charge in [-0.1, -0.05) is 75.7 Å². The van der Waals surface area contributed by atoms with Crippen LogP contribution in [0.5, 0.6) is 0 Å². The number of benzene rings is 2. The molecule has 10 amide bonds. The Kier molecular flexibility index (Phi) is 28.6. The number of morpholine rings is 1. The molecular formula is C73H95N15O14S. The summed E-state index contributed by atoms with van der Waals surface area (Å²) in [5.74, 6) is -3.89. The van der Waals surface area contributed by atoms with E-state index in [1.165, 1.54) is 28.1 Å². The van der Waals surface area contributed by atoms with Gasteiger partial charge >= 0.3 is 0 Å². The molecule has 0 radical (unpaired) electrons. The minimum absolute atomic E-state index is 0.0150. The topological polar surface area (TPSA) is 390 Å². The van der Waals surface area contributed by atoms with Crippen molar-refractivity contribution in [2.45, 2.75) is 142 Å². The van der Waals surface area contributed by atoms with E-state index in [0.29, 0.717) is 94.0 Å². The normalized spacial score (nSPS) is 18.0. The third-order valence-corrected chi connectivity index (χ3v) is 19.5. The second-order valence-corrected chi connectivity index (χ2v) is 28.1. The first-order valence-corrected chi connectivity index (χ1v) is 36.1. The Morgan fingerprint density at radius 2 is 1.41 bits per heavy atom. The number of aromatic nitrogens is 4. The number of rotatable bonds is 35. The standard InChI is InChI=1S/C73H95N15O14S/c1-46-65(103-45-81-46)51-17-11-48(12-18-51)40-80-70(97)58-38-53(89)44-87(58)72(99)66(73(2,3)4)85-61(92)26-32-100-36-37-101-33-29-76-59(90)22-21-54(82-60(91)8-6-5-7-27-77-68(95)52-19-13-49(14-20-52)43-88-62(93)23-24-63(88)94)69(96)79-39-47-9-15-50(16-10-47)55-42-78-67(74)64(83-55)71(98)84-56-41-75-28-25-57(56)86-30-34-102-35-31-86/h9-12,15-18,23-25,28,41-42,45,49,52-54,58,66,89H,5-8,13-14,19-22,26-27,29-40,43-44H2,1-4H3,(H2,74,78)(H,76,90)(H,77,95)(H,79,96)(H,80,97)(H,82,91)(H,84,98)(H,85,92)/t49?,52?,53-,54?,58?,66-/m1/s1. The number of unbranched alkanes of at least 4 members (excludes halogenated alkanes) is 2. The van der Waals surface area contributed by atoms with Gasteiger partial charge in [0, 0.05) is 108 Å². The summed E-state index contributed by atoms with van der Waals surface area (Å²) in [5.41, 5.74) is 12.9. The maximum atomic E-state index is 14.1. The molecule has 5 aromatic rings. The quantitative estimate of drug-likeness (QED) is 0.0202. The van der Waals surface area contributed by atoms with Gasteiger partial charge in [0.2, 0.25) is 41.4 Å². The predicted octanol–water partition coefficient (Wildman–Crippen LogP) is 4.28. The number of likely N-dealkylation sites (tertiary alicyclic amines) is 1. The summed E-state index contributed by atoms with van der Waals surface area (Å²) in [6.07, 6.45) is 10.8. The van der Waals surface area contributed by atoms with E-state index in [1.807, 2.05) is 37.3 Å². The number of nitrogens with zero attached hydrogens (tertiary/aromatic N) is 7. The Balaban J connectivity index is 0.692. The van der Waals surface area contributed by atoms with E-state index in [-0.39, 0.29) is 138 Å². The highest BCUT2D eigenvalue weighted by Crippen LogP contribution is 2.33. The molecule has 30 heteroatoms. The molecule has 3 fully saturated rings. The first-order chi connectivity index (χ1) is 49.6. The van der Waals surface area contributed by atoms with Crippen LogP contribution in [0.4, 0.5) is 17.2 Å². The zero-order valence-corrected chi connectivity index (χ0v) is 59.7. The van der Waals surface area contributed by atoms with Gasteiger partial charge in [-0.15, -0.1) is 11.3 Å². The molecule has 103 heavy (non-hydrogen) atoms. The van der Waals surface area contributed by atoms with Gasteiger partial charge in [-0.2, -0.15) is 0 Å². The van der Waals surface area contributed by atoms with Gasteiger partial charge < -0.3 is 72.1 Å². The number of aryl methyl sites for hydroxylation is 1. The van der Waals surface area contributed by atoms with Gasteiger partial charge in [-0.25, -0.2) is 15.0 Å². The highest BCUT2D eigenvalue weighted by molar-refractivity contribution is 7.13. The summed E-state index contributed by atoms with van der Waals surface area (Å²) < 4.78 is 16.8. The van der Waals surface area contributed by atoms with E-state index in [9.17, 15) is 53.1 Å². The van der Waals surface area contributed by atoms with Crippen molar-refractivity contribution >= 4 is 87.6 Å². The number of nitrogen functional groups attached to an aromatic ring is 1. The average Bonchev–Trinajstić information content (AvgIpc) is 1.79. The molecule has 552 valence electrons. The molecule has 3 aromatic heterocycles. The van der Waals surface area contributed by atoms with Crippen molar-refractivity contribution in [1.82, 2.24) is 61.6 Å². The number of imide groups is 1. The maximum absolute atomic E-state index is 14.1. The van der Waals surface area contributed by atoms with E-state index < -0.39 is 59.2 Å². The first-order valence-electron chi connectivity index (χ1n) is 35.2. The smallest absolute Gasteiger partial charge is 0.278 e. The van der Waals surface area contributed by atoms with Crippen molar-refractivity contribution in [2.24, 2.45) is 17.3 Å². The second-order valence-electron chi connectivity index (χ2n) is 27.2. The van der Waals surface area contributed by atoms with E-state index in [2.05, 4.69) is 62.1 Å². The minimum Gasteiger partial charge on any atom is -0.391 e. The zero-order chi connectivity index (χ0) is 73.4. The lowest BCUT2D eigenvalue weighted by Gasteiger charge is -2.35. The number of nitrogens with two attached hydrogens (primary N) is 1. The summed E-state index contributed by atoms with van der Waals surface area (Å²) in [6, 6.07) is 13.6. The number of hydrogen-bond donors (Lipinski definition) is 9. The molecule has 4 atom stereocenters. The summed E-state index contributed by atoms with van der Waals surface area (Å²) >= 11 is 1.55. The number of carbonyl (C=O) groups excluding carboxylic acids is 10. The lowest BCUT2D eigenvalue weighted by molar-refractivity contribution is -0.144. The molecule has 29 nitrogen and oxygen atoms in total. The molecule has 10 N–H and O–H groups in total. The fourth-order valence-electron chi connectivity index (χ4n) is 12.6. The van der Waals surface area contributed by atoms with Crippen molar-refractivity contribution < 1.29 is 67.3 Å². The van der Waals surface area contributed by atoms with Crippen LogP contribution >= 0.6 is 11.3 Å². The number of carbonyl (C=O) groups is 10. The molecule has 6 heterocycles. The predicted molar refractivity (Wildman–Crippen MR) is 384 cm³/mol. The number of hydrogen-bond acceptors (Lipinski definition) is 21. The first kappa shape index (κ1) is 77.5. The van der Waals surface area contributed by atoms with Gasteiger partial charge in [-0.05, 0) is 86.0 Å². The highest BCUT2D eigenvalue weighted by Gasteiger charge is 2.45. The third kappa shape index (κ3) is 22.9. The number of nitrogens with one attached hydrogen (secondary N) is 7. The second kappa shape index (κ2) is 38.1. The number of amides is 10. The van der Waals surface area contributed by atoms with Crippen LogP contribution in [0.3, 0.4) is 0 Å². The Morgan fingerprint density at radius 3 is 2.10 bits per heavy atom. The van der Waals surface area contributed by atoms with Gasteiger partial charge in [0.1, 0.15) is 18.1 Å². The van der Waals surface area contributed by atoms with E-state index in [4.69, 9.17) is 19.9 Å². The number of β-amino-alcohol motifs (C(OH)–C–C–N with tert-alkyl or cyclic N) is 1. The molecule has 2 aromatic carbocycles. The number of aliphatic hydroxyl groups excluding tert-OH is 1. The fourth-order valence-corrected chi connectivity index (χ4v) is 13.4. The van der Waals surface area contributed by atoms with E-state index in [0.717, 1.165) is 40.2 Å². The monoisotopic (exact) mass is 1440 g/mol. The van der Waals surface area contributed by atoms with Crippen LogP contribution in [0.2, 0.25) is 0 Å². The Morgan fingerprint density at radius 1 is 0.728 bits per heavy atom. The lowest BCUT2D eigenvalue weighted by atomic mass is 9.81. The van der Waals surface area contributed by atoms with Crippen LogP contribution in [0, 0.1) is 24.2 Å². The van der Waals surface area contributed by atoms with Crippen LogP contribution in [0.25, 0.3) is 21.7 Å². The van der Waals surface area contributed by atoms with Crippen molar-refractivity contribution in [2.75, 3.05) is 94.9 Å². The maximum Gasteiger partial charge on any atom is 0.278 e. The molecule has 1 saturated carbocycles. The number of pyridine rings is 1. The van der Waals surface area contributed by atoms with Crippen LogP contribution in [0.15, 0.2) is 90.9 Å². The summed E-state index contributed by atoms with van der Waals surface area (Å²) in [5, 5.41) is 30.8. The third-order valence-electron chi connectivity index (χ3n) is 18.5. The molecular weight excluding hydrogens is 1340 g/mol. The number of aliphatic hydroxyl groups is 1. The van der Waals surface area contributed by atoms with Crippen LogP contribution < -0.4 is 47.9 Å². The summed E-state index contributed by atoms with van der Waals surface area (Å²) in [6.45, 7) is 11.3. The Hall–Kier alpha value is -9.62. The fraction of sp³-hybridized carbons (Fsp3) is 0.507. The molecule has 2 saturated heterocycles. The van der Waals surface area contributed by atoms with Gasteiger partial charge in [0.05, 0.1) is 91.3 Å². The number of ether oxygens (including phenoxy) is 3. The highest BCUT2D eigenvalue weighted by atomic mass is 32.1. The zero-order valence-electron chi connectivity index (χ0n) is 58.9. The van der Waals surface area contributed by atoms with Crippen molar-refractivity contribution in [3.63, 3.8) is 0 Å². The van der Waals surface area contributed by atoms with Crippen molar-refractivity contribution in [3.8, 4) is 21.7 Å². The SMILES string of the molecule is Cc1ncsc1-c1ccc(CNC(=O)C2C[C@@H](O)CN2C(=O)[C@@H](NC(=O)CCOCCOCCNC(=O)CCC(NC(=O)CCCCCNC(=O)C2CCC(CN3C(=O)C=CC3=O)CC2)C(=O)NCc2ccc(-c3cnc(N)c(C(=O)Nc4cnccc4N4CCOCC4)n3)cc2)C(C)(C)C)cc1. The number of anilines is 3. The van der Waals surface area contributed by atoms with Gasteiger partial charge in [0.15, 0.2) is 11.5 Å². The molecule has 1 aliphatic carbocycles. The van der Waals surface area contributed by atoms with E-state index >= 15 is 0 Å². The Bertz CT molecular complexity index is 3780. The molecule has 2 unspecified atom stereocenters. The van der Waals surface area contributed by atoms with Gasteiger partial charge in [0.25, 0.3) is 17.7 Å². The Labute approximate surface area is 603 Å². The van der Waals surface area contributed by atoms with Gasteiger partial charge in [-0.3, -0.25) is 57.8 Å². The van der Waals surface area contributed by atoms with E-state index in [1.54, 1.807) is 74.3 Å². The lowest BCUT2D eigenvalue weighted by Crippen LogP contribution is -2.57. The molecule has 3 aliphatic heterocycles. The number of thiazole rings is 1. The van der Waals surface area contributed by atoms with Crippen molar-refractivity contribution in [3.05, 3.63) is 113 Å².